The fourth-order valence-corrected chi connectivity index (χ4v) is 3.71. The highest BCUT2D eigenvalue weighted by atomic mass is 32.2. The standard InChI is InChI=1S/C17H16FNO2S/c1-21-15-7-3-5-13(9-15)17-19(16(20)11-22-17)10-12-4-2-6-14(18)8-12/h2-9,17H,10-11H2,1H3. The Balaban J connectivity index is 1.85. The molecule has 0 spiro atoms. The predicted octanol–water partition coefficient (Wildman–Crippen LogP) is 3.61. The highest BCUT2D eigenvalue weighted by Crippen LogP contribution is 2.40. The lowest BCUT2D eigenvalue weighted by atomic mass is 10.1. The number of hydrogen-bond acceptors (Lipinski definition) is 3. The van der Waals surface area contributed by atoms with Gasteiger partial charge < -0.3 is 9.64 Å². The van der Waals surface area contributed by atoms with E-state index < -0.39 is 0 Å². The third kappa shape index (κ3) is 3.09. The van der Waals surface area contributed by atoms with Gasteiger partial charge in [-0.1, -0.05) is 24.3 Å². The molecule has 0 radical (unpaired) electrons. The van der Waals surface area contributed by atoms with Gasteiger partial charge in [0.15, 0.2) is 0 Å². The zero-order chi connectivity index (χ0) is 15.5. The largest absolute Gasteiger partial charge is 0.497 e. The molecule has 3 rings (SSSR count). The summed E-state index contributed by atoms with van der Waals surface area (Å²) in [6.07, 6.45) is 0. The Morgan fingerprint density at radius 2 is 2.09 bits per heavy atom. The van der Waals surface area contributed by atoms with Crippen molar-refractivity contribution in [1.82, 2.24) is 4.90 Å². The van der Waals surface area contributed by atoms with Gasteiger partial charge in [-0.3, -0.25) is 4.79 Å². The first kappa shape index (κ1) is 14.9. The smallest absolute Gasteiger partial charge is 0.234 e. The van der Waals surface area contributed by atoms with Crippen molar-refractivity contribution >= 4 is 17.7 Å². The van der Waals surface area contributed by atoms with Crippen LogP contribution in [0, 0.1) is 5.82 Å². The number of amides is 1. The summed E-state index contributed by atoms with van der Waals surface area (Å²) in [6.45, 7) is 0.408. The van der Waals surface area contributed by atoms with Crippen LogP contribution in [0.4, 0.5) is 4.39 Å². The molecule has 5 heteroatoms. The van der Waals surface area contributed by atoms with E-state index in [1.165, 1.54) is 12.1 Å². The van der Waals surface area contributed by atoms with E-state index >= 15 is 0 Å². The molecule has 1 aliphatic heterocycles. The molecule has 0 bridgehead atoms. The molecule has 1 unspecified atom stereocenters. The first-order valence-corrected chi connectivity index (χ1v) is 8.02. The zero-order valence-corrected chi connectivity index (χ0v) is 13.0. The summed E-state index contributed by atoms with van der Waals surface area (Å²) in [7, 11) is 1.62. The number of thioether (sulfide) groups is 1. The van der Waals surface area contributed by atoms with Crippen LogP contribution in [-0.4, -0.2) is 23.7 Å². The number of nitrogens with zero attached hydrogens (tertiary/aromatic N) is 1. The molecule has 1 saturated heterocycles. The molecule has 2 aromatic carbocycles. The van der Waals surface area contributed by atoms with Gasteiger partial charge in [-0.15, -0.1) is 11.8 Å². The van der Waals surface area contributed by atoms with Gasteiger partial charge >= 0.3 is 0 Å². The maximum Gasteiger partial charge on any atom is 0.234 e. The third-order valence-corrected chi connectivity index (χ3v) is 4.84. The lowest BCUT2D eigenvalue weighted by Crippen LogP contribution is -2.27. The van der Waals surface area contributed by atoms with E-state index in [0.717, 1.165) is 16.9 Å². The average Bonchev–Trinajstić information content (AvgIpc) is 2.88. The van der Waals surface area contributed by atoms with Gasteiger partial charge in [0, 0.05) is 6.54 Å². The van der Waals surface area contributed by atoms with Gasteiger partial charge in [-0.2, -0.15) is 0 Å². The van der Waals surface area contributed by atoms with Crippen molar-refractivity contribution in [3.8, 4) is 5.75 Å². The predicted molar refractivity (Wildman–Crippen MR) is 85.1 cm³/mol. The Morgan fingerprint density at radius 3 is 2.86 bits per heavy atom. The average molecular weight is 317 g/mol. The number of methoxy groups -OCH3 is 1. The summed E-state index contributed by atoms with van der Waals surface area (Å²) in [5.41, 5.74) is 1.82. The molecule has 1 aliphatic rings. The molecule has 0 aliphatic carbocycles. The van der Waals surface area contributed by atoms with E-state index in [4.69, 9.17) is 4.74 Å². The van der Waals surface area contributed by atoms with E-state index in [0.29, 0.717) is 12.3 Å². The molecule has 1 atom stereocenters. The van der Waals surface area contributed by atoms with Crippen molar-refractivity contribution in [3.63, 3.8) is 0 Å². The lowest BCUT2D eigenvalue weighted by Gasteiger charge is -2.24. The van der Waals surface area contributed by atoms with E-state index in [1.807, 2.05) is 30.3 Å². The second-order valence-corrected chi connectivity index (χ2v) is 6.16. The van der Waals surface area contributed by atoms with Crippen molar-refractivity contribution in [1.29, 1.82) is 0 Å². The monoisotopic (exact) mass is 317 g/mol. The maximum atomic E-state index is 13.3. The number of halogens is 1. The van der Waals surface area contributed by atoms with Crippen LogP contribution in [0.2, 0.25) is 0 Å². The van der Waals surface area contributed by atoms with Gasteiger partial charge in [0.2, 0.25) is 5.91 Å². The van der Waals surface area contributed by atoms with Crippen molar-refractivity contribution < 1.29 is 13.9 Å². The second kappa shape index (κ2) is 6.40. The minimum atomic E-state index is -0.283. The molecular weight excluding hydrogens is 301 g/mol. The molecule has 0 aromatic heterocycles. The fraction of sp³-hybridized carbons (Fsp3) is 0.235. The number of carbonyl (C=O) groups is 1. The van der Waals surface area contributed by atoms with Crippen LogP contribution in [0.3, 0.4) is 0 Å². The van der Waals surface area contributed by atoms with Crippen LogP contribution in [-0.2, 0) is 11.3 Å². The van der Waals surface area contributed by atoms with Gasteiger partial charge in [-0.25, -0.2) is 4.39 Å². The fourth-order valence-electron chi connectivity index (χ4n) is 2.53. The molecule has 1 fully saturated rings. The molecule has 3 nitrogen and oxygen atoms in total. The Labute approximate surface area is 133 Å². The van der Waals surface area contributed by atoms with Crippen LogP contribution in [0.15, 0.2) is 48.5 Å². The van der Waals surface area contributed by atoms with Gasteiger partial charge in [0.05, 0.1) is 12.9 Å². The van der Waals surface area contributed by atoms with Crippen molar-refractivity contribution in [2.24, 2.45) is 0 Å². The quantitative estimate of drug-likeness (QED) is 0.863. The van der Waals surface area contributed by atoms with E-state index in [9.17, 15) is 9.18 Å². The molecule has 0 N–H and O–H groups in total. The number of hydrogen-bond donors (Lipinski definition) is 0. The molecule has 114 valence electrons. The normalized spacial score (nSPS) is 17.8. The lowest BCUT2D eigenvalue weighted by molar-refractivity contribution is -0.128. The molecule has 1 amide bonds. The van der Waals surface area contributed by atoms with Crippen LogP contribution < -0.4 is 4.74 Å². The minimum Gasteiger partial charge on any atom is -0.497 e. The maximum absolute atomic E-state index is 13.3. The Bertz CT molecular complexity index is 692. The Kier molecular flexibility index (Phi) is 4.34. The molecular formula is C17H16FNO2S. The van der Waals surface area contributed by atoms with E-state index in [2.05, 4.69) is 0 Å². The first-order chi connectivity index (χ1) is 10.7. The summed E-state index contributed by atoms with van der Waals surface area (Å²) in [5, 5.41) is -0.0640. The van der Waals surface area contributed by atoms with Gasteiger partial charge in [0.1, 0.15) is 16.9 Å². The Hall–Kier alpha value is -2.01. The summed E-state index contributed by atoms with van der Waals surface area (Å²) < 4.78 is 18.6. The zero-order valence-electron chi connectivity index (χ0n) is 12.2. The molecule has 22 heavy (non-hydrogen) atoms. The van der Waals surface area contributed by atoms with Crippen molar-refractivity contribution in [3.05, 3.63) is 65.5 Å². The summed E-state index contributed by atoms with van der Waals surface area (Å²) >= 11 is 1.58. The topological polar surface area (TPSA) is 29.5 Å². The number of rotatable bonds is 4. The summed E-state index contributed by atoms with van der Waals surface area (Å²) in [5.74, 6) is 0.997. The molecule has 2 aromatic rings. The molecule has 0 saturated carbocycles. The highest BCUT2D eigenvalue weighted by Gasteiger charge is 2.32. The van der Waals surface area contributed by atoms with Crippen molar-refractivity contribution in [2.75, 3.05) is 12.9 Å². The van der Waals surface area contributed by atoms with Crippen LogP contribution in [0.1, 0.15) is 16.5 Å². The highest BCUT2D eigenvalue weighted by molar-refractivity contribution is 8.00. The van der Waals surface area contributed by atoms with E-state index in [-0.39, 0.29) is 17.1 Å². The van der Waals surface area contributed by atoms with Crippen molar-refractivity contribution in [2.45, 2.75) is 11.9 Å². The SMILES string of the molecule is COc1cccc(C2SCC(=O)N2Cc2cccc(F)c2)c1. The van der Waals surface area contributed by atoms with Gasteiger partial charge in [0.25, 0.3) is 0 Å². The third-order valence-electron chi connectivity index (χ3n) is 3.59. The minimum absolute atomic E-state index is 0.0640. The summed E-state index contributed by atoms with van der Waals surface area (Å²) in [4.78, 5) is 14.0. The van der Waals surface area contributed by atoms with Crippen LogP contribution in [0.25, 0.3) is 0 Å². The van der Waals surface area contributed by atoms with Crippen LogP contribution in [0.5, 0.6) is 5.75 Å². The Morgan fingerprint density at radius 1 is 1.27 bits per heavy atom. The van der Waals surface area contributed by atoms with Gasteiger partial charge in [-0.05, 0) is 35.4 Å². The molecule has 1 heterocycles. The first-order valence-electron chi connectivity index (χ1n) is 6.97. The van der Waals surface area contributed by atoms with E-state index in [1.54, 1.807) is 29.8 Å². The number of benzene rings is 2. The summed E-state index contributed by atoms with van der Waals surface area (Å²) in [6, 6.07) is 14.1. The number of ether oxygens (including phenoxy) is 1. The number of carbonyl (C=O) groups excluding carboxylic acids is 1. The second-order valence-electron chi connectivity index (χ2n) is 5.09. The van der Waals surface area contributed by atoms with Crippen LogP contribution >= 0.6 is 11.8 Å².